The van der Waals surface area contributed by atoms with Crippen LogP contribution in [0.15, 0.2) is 5.10 Å². The van der Waals surface area contributed by atoms with Crippen molar-refractivity contribution in [3.63, 3.8) is 0 Å². The van der Waals surface area contributed by atoms with Gasteiger partial charge in [0.05, 0.1) is 5.56 Å². The average Bonchev–Trinajstić information content (AvgIpc) is 2.84. The van der Waals surface area contributed by atoms with Crippen LogP contribution in [0.1, 0.15) is 41.7 Å². The minimum Gasteiger partial charge on any atom is -0.311 e. The molecule has 0 bridgehead atoms. The van der Waals surface area contributed by atoms with Crippen molar-refractivity contribution in [2.24, 2.45) is 5.10 Å². The molecule has 1 aromatic rings. The summed E-state index contributed by atoms with van der Waals surface area (Å²) < 4.78 is 0. The summed E-state index contributed by atoms with van der Waals surface area (Å²) in [5.74, 6) is -0.527. The van der Waals surface area contributed by atoms with Gasteiger partial charge in [-0.3, -0.25) is 9.59 Å². The first kappa shape index (κ1) is 13.8. The number of nitrogens with one attached hydrogen (secondary N) is 2. The van der Waals surface area contributed by atoms with E-state index >= 15 is 0 Å². The van der Waals surface area contributed by atoms with Crippen molar-refractivity contribution in [1.29, 1.82) is 5.26 Å². The molecule has 2 N–H and O–H groups in total. The summed E-state index contributed by atoms with van der Waals surface area (Å²) in [6.07, 6.45) is 4.68. The second-order valence-corrected chi connectivity index (χ2v) is 6.18. The smallest absolute Gasteiger partial charge is 0.272 e. The highest BCUT2D eigenvalue weighted by atomic mass is 32.1. The Labute approximate surface area is 125 Å². The summed E-state index contributed by atoms with van der Waals surface area (Å²) >= 11 is 1.48. The second-order valence-electron chi connectivity index (χ2n) is 5.07. The monoisotopic (exact) mass is 302 g/mol. The van der Waals surface area contributed by atoms with Gasteiger partial charge in [0.15, 0.2) is 0 Å². The van der Waals surface area contributed by atoms with Crippen molar-refractivity contribution in [2.45, 2.75) is 38.5 Å². The molecule has 2 amide bonds. The molecule has 2 aliphatic rings. The average molecular weight is 302 g/mol. The fourth-order valence-electron chi connectivity index (χ4n) is 2.59. The lowest BCUT2D eigenvalue weighted by molar-refractivity contribution is -0.121. The van der Waals surface area contributed by atoms with Gasteiger partial charge in [0, 0.05) is 17.7 Å². The zero-order valence-electron chi connectivity index (χ0n) is 11.4. The van der Waals surface area contributed by atoms with Crippen LogP contribution in [-0.2, 0) is 22.4 Å². The molecule has 0 fully saturated rings. The third kappa shape index (κ3) is 2.67. The number of carbonyl (C=O) groups excluding carboxylic acids is 2. The molecule has 1 aliphatic carbocycles. The highest BCUT2D eigenvalue weighted by Crippen LogP contribution is 2.37. The van der Waals surface area contributed by atoms with Crippen LogP contribution >= 0.6 is 11.3 Å². The molecule has 7 heteroatoms. The number of rotatable bonds is 2. The molecule has 1 aromatic heterocycles. The number of nitriles is 1. The minimum absolute atomic E-state index is 0.184. The number of nitrogens with zero attached hydrogens (tertiary/aromatic N) is 2. The largest absolute Gasteiger partial charge is 0.311 e. The molecule has 0 saturated heterocycles. The highest BCUT2D eigenvalue weighted by Gasteiger charge is 2.24. The molecule has 0 aromatic carbocycles. The molecule has 2 heterocycles. The van der Waals surface area contributed by atoms with Crippen LogP contribution in [0.25, 0.3) is 0 Å². The van der Waals surface area contributed by atoms with Crippen molar-refractivity contribution >= 4 is 33.9 Å². The molecular formula is C14H14N4O2S. The fraction of sp³-hybridized carbons (Fsp3) is 0.429. The molecule has 3 rings (SSSR count). The Kier molecular flexibility index (Phi) is 3.71. The van der Waals surface area contributed by atoms with E-state index in [0.717, 1.165) is 31.2 Å². The number of hydrogen-bond acceptors (Lipinski definition) is 5. The summed E-state index contributed by atoms with van der Waals surface area (Å²) in [4.78, 5) is 24.4. The van der Waals surface area contributed by atoms with Crippen LogP contribution in [0.2, 0.25) is 0 Å². The number of carbonyl (C=O) groups is 2. The van der Waals surface area contributed by atoms with E-state index in [0.29, 0.717) is 22.7 Å². The molecule has 0 spiro atoms. The Morgan fingerprint density at radius 2 is 2.10 bits per heavy atom. The van der Waals surface area contributed by atoms with Crippen LogP contribution in [-0.4, -0.2) is 17.5 Å². The van der Waals surface area contributed by atoms with Crippen molar-refractivity contribution < 1.29 is 9.59 Å². The normalized spacial score (nSPS) is 17.3. The highest BCUT2D eigenvalue weighted by molar-refractivity contribution is 7.16. The maximum Gasteiger partial charge on any atom is 0.272 e. The van der Waals surface area contributed by atoms with Gasteiger partial charge in [-0.2, -0.15) is 10.4 Å². The van der Waals surface area contributed by atoms with E-state index in [1.54, 1.807) is 0 Å². The van der Waals surface area contributed by atoms with Crippen LogP contribution < -0.4 is 10.7 Å². The number of thiophene rings is 1. The van der Waals surface area contributed by atoms with E-state index in [1.165, 1.54) is 16.2 Å². The molecule has 0 radical (unpaired) electrons. The van der Waals surface area contributed by atoms with Crippen LogP contribution in [0.3, 0.4) is 0 Å². The predicted octanol–water partition coefficient (Wildman–Crippen LogP) is 1.70. The first-order chi connectivity index (χ1) is 10.2. The molecule has 6 nitrogen and oxygen atoms in total. The quantitative estimate of drug-likeness (QED) is 0.870. The Balaban J connectivity index is 1.82. The topological polar surface area (TPSA) is 94.3 Å². The van der Waals surface area contributed by atoms with Crippen molar-refractivity contribution in [2.75, 3.05) is 5.32 Å². The lowest BCUT2D eigenvalue weighted by Crippen LogP contribution is -2.32. The van der Waals surface area contributed by atoms with Crippen LogP contribution in [0, 0.1) is 11.3 Å². The minimum atomic E-state index is -0.343. The van der Waals surface area contributed by atoms with E-state index in [1.807, 2.05) is 0 Å². The molecular weight excluding hydrogens is 288 g/mol. The van der Waals surface area contributed by atoms with Gasteiger partial charge in [0.25, 0.3) is 5.91 Å². The van der Waals surface area contributed by atoms with Crippen molar-refractivity contribution in [1.82, 2.24) is 5.43 Å². The summed E-state index contributed by atoms with van der Waals surface area (Å²) in [7, 11) is 0. The number of hydrogen-bond donors (Lipinski definition) is 2. The Morgan fingerprint density at radius 1 is 1.29 bits per heavy atom. The second kappa shape index (κ2) is 5.66. The lowest BCUT2D eigenvalue weighted by atomic mass is 9.96. The van der Waals surface area contributed by atoms with E-state index in [4.69, 9.17) is 0 Å². The van der Waals surface area contributed by atoms with Crippen molar-refractivity contribution in [3.8, 4) is 6.07 Å². The number of amides is 2. The van der Waals surface area contributed by atoms with Gasteiger partial charge in [-0.15, -0.1) is 11.3 Å². The third-order valence-electron chi connectivity index (χ3n) is 3.68. The van der Waals surface area contributed by atoms with Gasteiger partial charge >= 0.3 is 0 Å². The summed E-state index contributed by atoms with van der Waals surface area (Å²) in [6, 6.07) is 2.21. The first-order valence-electron chi connectivity index (χ1n) is 6.90. The Hall–Kier alpha value is -2.20. The number of hydrazone groups is 1. The summed E-state index contributed by atoms with van der Waals surface area (Å²) in [5, 5.41) is 16.5. The first-order valence-corrected chi connectivity index (χ1v) is 7.72. The maximum atomic E-state index is 12.2. The Bertz CT molecular complexity index is 684. The zero-order valence-corrected chi connectivity index (χ0v) is 12.2. The lowest BCUT2D eigenvalue weighted by Gasteiger charge is -2.11. The standard InChI is InChI=1S/C14H14N4O2S/c15-7-9-8-3-1-2-4-11(8)21-14(9)16-13(20)10-5-6-12(19)18-17-10/h1-6H2,(H,16,20)(H,18,19). The number of fused-ring (bicyclic) bond motifs is 1. The van der Waals surface area contributed by atoms with E-state index in [-0.39, 0.29) is 18.2 Å². The maximum absolute atomic E-state index is 12.2. The van der Waals surface area contributed by atoms with Gasteiger partial charge < -0.3 is 5.32 Å². The molecule has 0 unspecified atom stereocenters. The van der Waals surface area contributed by atoms with Gasteiger partial charge in [-0.05, 0) is 31.2 Å². The van der Waals surface area contributed by atoms with Gasteiger partial charge in [-0.25, -0.2) is 5.43 Å². The van der Waals surface area contributed by atoms with Gasteiger partial charge in [0.1, 0.15) is 16.8 Å². The molecule has 0 atom stereocenters. The Morgan fingerprint density at radius 3 is 2.81 bits per heavy atom. The molecule has 0 saturated carbocycles. The SMILES string of the molecule is N#Cc1c(NC(=O)C2=NNC(=O)CC2)sc2c1CCCC2. The summed E-state index contributed by atoms with van der Waals surface area (Å²) in [5.41, 5.74) is 4.27. The van der Waals surface area contributed by atoms with Crippen LogP contribution in [0.4, 0.5) is 5.00 Å². The van der Waals surface area contributed by atoms with Crippen LogP contribution in [0.5, 0.6) is 0 Å². The van der Waals surface area contributed by atoms with E-state index in [2.05, 4.69) is 21.9 Å². The van der Waals surface area contributed by atoms with E-state index < -0.39 is 0 Å². The number of anilines is 1. The zero-order chi connectivity index (χ0) is 14.8. The summed E-state index contributed by atoms with van der Waals surface area (Å²) in [6.45, 7) is 0. The van der Waals surface area contributed by atoms with Gasteiger partial charge in [0.2, 0.25) is 5.91 Å². The fourth-order valence-corrected chi connectivity index (χ4v) is 3.82. The van der Waals surface area contributed by atoms with Gasteiger partial charge in [-0.1, -0.05) is 0 Å². The molecule has 108 valence electrons. The third-order valence-corrected chi connectivity index (χ3v) is 4.88. The van der Waals surface area contributed by atoms with Crippen molar-refractivity contribution in [3.05, 3.63) is 16.0 Å². The predicted molar refractivity (Wildman–Crippen MR) is 79.1 cm³/mol. The van der Waals surface area contributed by atoms with E-state index in [9.17, 15) is 14.9 Å². The molecule has 1 aliphatic heterocycles. The number of aryl methyl sites for hydroxylation is 1. The molecule has 21 heavy (non-hydrogen) atoms.